The minimum atomic E-state index is -4.38. The summed E-state index contributed by atoms with van der Waals surface area (Å²) in [5, 5.41) is 10.9. The molecule has 0 saturated carbocycles. The molecule has 0 bridgehead atoms. The van der Waals surface area contributed by atoms with E-state index in [9.17, 15) is 35.5 Å². The molecule has 14 heteroatoms. The van der Waals surface area contributed by atoms with Crippen LogP contribution in [-0.4, -0.2) is 38.0 Å². The molecule has 0 aromatic heterocycles. The monoisotopic (exact) mass is 764 g/mol. The number of benzene rings is 6. The van der Waals surface area contributed by atoms with Gasteiger partial charge in [-0.1, -0.05) is 84.9 Å². The Hall–Kier alpha value is -6.32. The molecule has 0 aliphatic heterocycles. The van der Waals surface area contributed by atoms with E-state index < -0.39 is 26.3 Å². The second-order valence-corrected chi connectivity index (χ2v) is 14.7. The molecular formula is C40H36N4O8S2. The largest absolute Gasteiger partial charge is 0.323 e. The van der Waals surface area contributed by atoms with Gasteiger partial charge in [0.15, 0.2) is 0 Å². The highest BCUT2D eigenvalue weighted by atomic mass is 32.2. The summed E-state index contributed by atoms with van der Waals surface area (Å²) in [4.78, 5) is 23.9. The molecule has 6 aromatic carbocycles. The smallest absolute Gasteiger partial charge is 0.308 e. The van der Waals surface area contributed by atoms with Crippen LogP contribution in [0, 0.1) is 13.8 Å². The first kappa shape index (κ1) is 38.9. The first-order valence-electron chi connectivity index (χ1n) is 16.3. The highest BCUT2D eigenvalue weighted by molar-refractivity contribution is 7.86. The highest BCUT2D eigenvalue weighted by Crippen LogP contribution is 2.33. The standard InChI is InChI=1S/2C20H18N2O4S/c1-14-7-5-12-18(27(24,25)26)19(14)15-8-6-11-17(13-15)22-20(23)21-16-9-3-2-4-10-16;1-14-6-5-9-18(27(24,25)26)19(14)15-10-12-17(13-11-15)22-20(23)21-16-7-3-2-4-8-16/h2*2-13H,1H3,(H2,21,22,23)(H,24,25,26). The van der Waals surface area contributed by atoms with Crippen LogP contribution in [0.1, 0.15) is 11.1 Å². The predicted octanol–water partition coefficient (Wildman–Crippen LogP) is 9.11. The summed E-state index contributed by atoms with van der Waals surface area (Å²) >= 11 is 0. The number of aryl methyl sites for hydroxylation is 2. The van der Waals surface area contributed by atoms with Gasteiger partial charge in [0, 0.05) is 33.9 Å². The van der Waals surface area contributed by atoms with Crippen molar-refractivity contribution in [3.05, 3.63) is 157 Å². The van der Waals surface area contributed by atoms with Gasteiger partial charge in [-0.25, -0.2) is 9.59 Å². The second kappa shape index (κ2) is 17.0. The van der Waals surface area contributed by atoms with Crippen molar-refractivity contribution in [2.75, 3.05) is 21.3 Å². The van der Waals surface area contributed by atoms with Crippen LogP contribution < -0.4 is 21.3 Å². The van der Waals surface area contributed by atoms with E-state index in [4.69, 9.17) is 0 Å². The van der Waals surface area contributed by atoms with E-state index in [1.807, 2.05) is 36.4 Å². The van der Waals surface area contributed by atoms with Gasteiger partial charge in [0.2, 0.25) is 0 Å². The Labute approximate surface area is 313 Å². The molecule has 12 nitrogen and oxygen atoms in total. The van der Waals surface area contributed by atoms with Crippen molar-refractivity contribution in [3.63, 3.8) is 0 Å². The summed E-state index contributed by atoms with van der Waals surface area (Å²) in [5.41, 5.74) is 5.78. The first-order chi connectivity index (χ1) is 25.7. The van der Waals surface area contributed by atoms with Crippen molar-refractivity contribution in [3.8, 4) is 22.3 Å². The molecular weight excluding hydrogens is 729 g/mol. The van der Waals surface area contributed by atoms with Crippen LogP contribution in [0.25, 0.3) is 22.3 Å². The van der Waals surface area contributed by atoms with Gasteiger partial charge in [0.05, 0.1) is 0 Å². The SMILES string of the molecule is Cc1cccc(S(=O)(=O)O)c1-c1ccc(NC(=O)Nc2ccccc2)cc1.Cc1cccc(S(=O)(=O)O)c1-c1cccc(NC(=O)Nc2ccccc2)c1. The lowest BCUT2D eigenvalue weighted by atomic mass is 10.00. The number of anilines is 4. The Morgan fingerprint density at radius 2 is 0.796 bits per heavy atom. The van der Waals surface area contributed by atoms with Gasteiger partial charge in [0.1, 0.15) is 9.79 Å². The number of hydrogen-bond donors (Lipinski definition) is 6. The van der Waals surface area contributed by atoms with Crippen molar-refractivity contribution in [1.29, 1.82) is 0 Å². The number of para-hydroxylation sites is 2. The van der Waals surface area contributed by atoms with Crippen molar-refractivity contribution in [2.45, 2.75) is 23.6 Å². The quantitative estimate of drug-likeness (QED) is 0.0827. The molecule has 4 amide bonds. The lowest BCUT2D eigenvalue weighted by molar-refractivity contribution is 0.261. The van der Waals surface area contributed by atoms with Gasteiger partial charge in [-0.15, -0.1) is 0 Å². The Morgan fingerprint density at radius 3 is 1.24 bits per heavy atom. The fourth-order valence-corrected chi connectivity index (χ4v) is 7.13. The van der Waals surface area contributed by atoms with E-state index in [1.54, 1.807) is 111 Å². The lowest BCUT2D eigenvalue weighted by Gasteiger charge is -2.13. The number of rotatable bonds is 8. The number of carbonyl (C=O) groups is 2. The van der Waals surface area contributed by atoms with Gasteiger partial charge >= 0.3 is 12.1 Å². The molecule has 0 unspecified atom stereocenters. The minimum absolute atomic E-state index is 0.148. The van der Waals surface area contributed by atoms with Gasteiger partial charge in [-0.2, -0.15) is 16.8 Å². The van der Waals surface area contributed by atoms with Crippen LogP contribution in [0.5, 0.6) is 0 Å². The zero-order valence-corrected chi connectivity index (χ0v) is 30.6. The molecule has 54 heavy (non-hydrogen) atoms. The van der Waals surface area contributed by atoms with Crippen LogP contribution in [0.4, 0.5) is 32.3 Å². The second-order valence-electron chi connectivity index (χ2n) is 11.9. The Bertz CT molecular complexity index is 2500. The molecule has 6 rings (SSSR count). The molecule has 0 spiro atoms. The van der Waals surface area contributed by atoms with Crippen molar-refractivity contribution >= 4 is 55.0 Å². The summed E-state index contributed by atoms with van der Waals surface area (Å²) in [6, 6.07) is 40.1. The van der Waals surface area contributed by atoms with Crippen LogP contribution in [0.3, 0.4) is 0 Å². The van der Waals surface area contributed by atoms with E-state index in [2.05, 4.69) is 21.3 Å². The fourth-order valence-electron chi connectivity index (χ4n) is 5.55. The van der Waals surface area contributed by atoms with E-state index in [0.29, 0.717) is 56.1 Å². The van der Waals surface area contributed by atoms with E-state index in [-0.39, 0.29) is 15.8 Å². The molecule has 0 fully saturated rings. The summed E-state index contributed by atoms with van der Waals surface area (Å²) in [5.74, 6) is 0. The Kier molecular flexibility index (Phi) is 12.3. The zero-order chi connectivity index (χ0) is 38.9. The minimum Gasteiger partial charge on any atom is -0.308 e. The number of amides is 4. The maximum atomic E-state index is 12.2. The van der Waals surface area contributed by atoms with Crippen molar-refractivity contribution in [2.24, 2.45) is 0 Å². The normalized spacial score (nSPS) is 11.0. The highest BCUT2D eigenvalue weighted by Gasteiger charge is 2.20. The molecule has 0 radical (unpaired) electrons. The Balaban J connectivity index is 0.000000208. The van der Waals surface area contributed by atoms with Crippen LogP contribution >= 0.6 is 0 Å². The summed E-state index contributed by atoms with van der Waals surface area (Å²) in [6.45, 7) is 3.52. The van der Waals surface area contributed by atoms with Gasteiger partial charge < -0.3 is 21.3 Å². The number of hydrogen-bond acceptors (Lipinski definition) is 6. The van der Waals surface area contributed by atoms with E-state index >= 15 is 0 Å². The summed E-state index contributed by atoms with van der Waals surface area (Å²) in [6.07, 6.45) is 0. The van der Waals surface area contributed by atoms with Gasteiger partial charge in [0.25, 0.3) is 20.2 Å². The summed E-state index contributed by atoms with van der Waals surface area (Å²) < 4.78 is 65.8. The van der Waals surface area contributed by atoms with E-state index in [0.717, 1.165) is 0 Å². The van der Waals surface area contributed by atoms with Crippen LogP contribution in [0.15, 0.2) is 155 Å². The number of nitrogens with one attached hydrogen (secondary N) is 4. The molecule has 276 valence electrons. The Morgan fingerprint density at radius 1 is 0.426 bits per heavy atom. The third-order valence-corrected chi connectivity index (χ3v) is 9.72. The topological polar surface area (TPSA) is 191 Å². The molecule has 0 aliphatic carbocycles. The number of carbonyl (C=O) groups excluding carboxylic acids is 2. The maximum Gasteiger partial charge on any atom is 0.323 e. The van der Waals surface area contributed by atoms with Crippen molar-refractivity contribution < 1.29 is 35.5 Å². The molecule has 0 atom stereocenters. The maximum absolute atomic E-state index is 12.2. The van der Waals surface area contributed by atoms with E-state index in [1.165, 1.54) is 12.1 Å². The molecule has 6 aromatic rings. The van der Waals surface area contributed by atoms with Crippen molar-refractivity contribution in [1.82, 2.24) is 0 Å². The number of urea groups is 2. The first-order valence-corrected chi connectivity index (χ1v) is 19.2. The molecule has 0 heterocycles. The fraction of sp³-hybridized carbons (Fsp3) is 0.0500. The van der Waals surface area contributed by atoms with Crippen LogP contribution in [-0.2, 0) is 20.2 Å². The predicted molar refractivity (Wildman–Crippen MR) is 211 cm³/mol. The molecule has 0 aliphatic rings. The average Bonchev–Trinajstić information content (AvgIpc) is 3.12. The third kappa shape index (κ3) is 10.4. The molecule has 6 N–H and O–H groups in total. The lowest BCUT2D eigenvalue weighted by Crippen LogP contribution is -2.19. The average molecular weight is 765 g/mol. The summed E-state index contributed by atoms with van der Waals surface area (Å²) in [7, 11) is -8.73. The third-order valence-electron chi connectivity index (χ3n) is 7.93. The van der Waals surface area contributed by atoms with Gasteiger partial charge in [-0.05, 0) is 96.8 Å². The molecule has 0 saturated heterocycles. The van der Waals surface area contributed by atoms with Gasteiger partial charge in [-0.3, -0.25) is 9.11 Å². The zero-order valence-electron chi connectivity index (χ0n) is 29.0. The van der Waals surface area contributed by atoms with Crippen LogP contribution in [0.2, 0.25) is 0 Å².